The normalized spacial score (nSPS) is 10.4. The van der Waals surface area contributed by atoms with Gasteiger partial charge in [0.15, 0.2) is 0 Å². The lowest BCUT2D eigenvalue weighted by Gasteiger charge is -2.11. The van der Waals surface area contributed by atoms with Crippen molar-refractivity contribution in [3.63, 3.8) is 0 Å². The minimum Gasteiger partial charge on any atom is -0.456 e. The van der Waals surface area contributed by atoms with Gasteiger partial charge in [-0.05, 0) is 24.6 Å². The lowest BCUT2D eigenvalue weighted by Crippen LogP contribution is -2.08. The minimum absolute atomic E-state index is 0.133. The van der Waals surface area contributed by atoms with Gasteiger partial charge in [-0.25, -0.2) is 9.78 Å². The van der Waals surface area contributed by atoms with E-state index in [1.165, 1.54) is 5.56 Å². The van der Waals surface area contributed by atoms with Crippen LogP contribution in [0.4, 0.5) is 0 Å². The predicted molar refractivity (Wildman–Crippen MR) is 97.4 cm³/mol. The Hall–Kier alpha value is -3.14. The highest BCUT2D eigenvalue weighted by Crippen LogP contribution is 2.19. The summed E-state index contributed by atoms with van der Waals surface area (Å²) in [5.74, 6) is -0.403. The first-order valence-corrected chi connectivity index (χ1v) is 8.12. The number of para-hydroxylation sites is 1. The van der Waals surface area contributed by atoms with Crippen LogP contribution in [0.2, 0.25) is 0 Å². The maximum atomic E-state index is 11.7. The fraction of sp³-hybridized carbons (Fsp3) is 0.143. The lowest BCUT2D eigenvalue weighted by atomic mass is 10.1. The summed E-state index contributed by atoms with van der Waals surface area (Å²) in [4.78, 5) is 16.2. The maximum Gasteiger partial charge on any atom is 0.333 e. The molecule has 0 aliphatic heterocycles. The van der Waals surface area contributed by atoms with E-state index in [4.69, 9.17) is 4.74 Å². The van der Waals surface area contributed by atoms with Crippen LogP contribution in [0.1, 0.15) is 23.9 Å². The molecule has 0 unspecified atom stereocenters. The molecule has 25 heavy (non-hydrogen) atoms. The highest BCUT2D eigenvalue weighted by atomic mass is 16.5. The molecule has 0 atom stereocenters. The largest absolute Gasteiger partial charge is 0.456 e. The third-order valence-corrected chi connectivity index (χ3v) is 3.89. The molecular weight excluding hydrogens is 312 g/mol. The average molecular weight is 332 g/mol. The molecule has 0 N–H and O–H groups in total. The second-order valence-electron chi connectivity index (χ2n) is 5.86. The third-order valence-electron chi connectivity index (χ3n) is 3.89. The van der Waals surface area contributed by atoms with E-state index in [-0.39, 0.29) is 6.61 Å². The van der Waals surface area contributed by atoms with Crippen molar-refractivity contribution >= 4 is 5.97 Å². The summed E-state index contributed by atoms with van der Waals surface area (Å²) in [6, 6.07) is 20.2. The first kappa shape index (κ1) is 16.7. The molecule has 0 aliphatic carbocycles. The molecule has 0 amide bonds. The average Bonchev–Trinajstić information content (AvgIpc) is 3.03. The second-order valence-corrected chi connectivity index (χ2v) is 5.86. The zero-order valence-corrected chi connectivity index (χ0v) is 14.2. The van der Waals surface area contributed by atoms with E-state index in [0.717, 1.165) is 17.1 Å². The molecule has 126 valence electrons. The topological polar surface area (TPSA) is 44.1 Å². The van der Waals surface area contributed by atoms with Gasteiger partial charge in [-0.15, -0.1) is 0 Å². The second kappa shape index (κ2) is 7.62. The number of rotatable bonds is 6. The summed E-state index contributed by atoms with van der Waals surface area (Å²) in [6.07, 6.45) is 2.48. The van der Waals surface area contributed by atoms with Crippen molar-refractivity contribution in [2.75, 3.05) is 0 Å². The Morgan fingerprint density at radius 1 is 1.08 bits per heavy atom. The summed E-state index contributed by atoms with van der Waals surface area (Å²) < 4.78 is 7.34. The van der Waals surface area contributed by atoms with Crippen molar-refractivity contribution in [3.8, 4) is 5.69 Å². The molecule has 3 rings (SSSR count). The van der Waals surface area contributed by atoms with Gasteiger partial charge in [-0.2, -0.15) is 0 Å². The smallest absolute Gasteiger partial charge is 0.333 e. The van der Waals surface area contributed by atoms with Crippen LogP contribution < -0.4 is 0 Å². The molecule has 0 spiro atoms. The number of aromatic nitrogens is 2. The van der Waals surface area contributed by atoms with E-state index in [0.29, 0.717) is 12.0 Å². The van der Waals surface area contributed by atoms with E-state index in [2.05, 4.69) is 23.7 Å². The summed E-state index contributed by atoms with van der Waals surface area (Å²) in [5, 5.41) is 0. The molecule has 1 aromatic heterocycles. The minimum atomic E-state index is -0.403. The SMILES string of the molecule is C=C(C)C(=O)OCc1ncn(-c2ccccc2)c1Cc1ccccc1. The van der Waals surface area contributed by atoms with Crippen molar-refractivity contribution in [2.45, 2.75) is 20.0 Å². The monoisotopic (exact) mass is 332 g/mol. The zero-order valence-electron chi connectivity index (χ0n) is 14.2. The molecule has 0 aliphatic rings. The summed E-state index contributed by atoms with van der Waals surface area (Å²) in [6.45, 7) is 5.38. The number of hydrogen-bond donors (Lipinski definition) is 0. The predicted octanol–water partition coefficient (Wildman–Crippen LogP) is 4.08. The Bertz CT molecular complexity index is 867. The van der Waals surface area contributed by atoms with Gasteiger partial charge >= 0.3 is 5.97 Å². The molecule has 4 nitrogen and oxygen atoms in total. The zero-order chi connectivity index (χ0) is 17.6. The van der Waals surface area contributed by atoms with Gasteiger partial charge in [0.25, 0.3) is 0 Å². The van der Waals surface area contributed by atoms with Gasteiger partial charge in [0.05, 0.1) is 17.7 Å². The van der Waals surface area contributed by atoms with Crippen LogP contribution in [0.3, 0.4) is 0 Å². The quantitative estimate of drug-likeness (QED) is 0.504. The molecule has 0 bridgehead atoms. The van der Waals surface area contributed by atoms with Crippen LogP contribution >= 0.6 is 0 Å². The number of carbonyl (C=O) groups excluding carboxylic acids is 1. The van der Waals surface area contributed by atoms with Crippen molar-refractivity contribution in [1.82, 2.24) is 9.55 Å². The van der Waals surface area contributed by atoms with Crippen LogP contribution in [0, 0.1) is 0 Å². The summed E-state index contributed by atoms with van der Waals surface area (Å²) >= 11 is 0. The Labute approximate surface area is 147 Å². The standard InChI is InChI=1S/C21H20N2O2/c1-16(2)21(24)25-14-19-20(13-17-9-5-3-6-10-17)23(15-22-19)18-11-7-4-8-12-18/h3-12,15H,1,13-14H2,2H3. The number of imidazole rings is 1. The number of benzene rings is 2. The molecule has 2 aromatic carbocycles. The van der Waals surface area contributed by atoms with Gasteiger partial charge in [0.2, 0.25) is 0 Å². The van der Waals surface area contributed by atoms with E-state index < -0.39 is 5.97 Å². The van der Waals surface area contributed by atoms with E-state index in [9.17, 15) is 4.79 Å². The summed E-state index contributed by atoms with van der Waals surface area (Å²) in [5.41, 5.74) is 4.34. The number of hydrogen-bond acceptors (Lipinski definition) is 3. The van der Waals surface area contributed by atoms with Crippen molar-refractivity contribution < 1.29 is 9.53 Å². The molecule has 1 heterocycles. The van der Waals surface area contributed by atoms with Gasteiger partial charge < -0.3 is 9.30 Å². The fourth-order valence-corrected chi connectivity index (χ4v) is 2.58. The first-order valence-electron chi connectivity index (χ1n) is 8.12. The van der Waals surface area contributed by atoms with Crippen LogP contribution in [0.5, 0.6) is 0 Å². The maximum absolute atomic E-state index is 11.7. The summed E-state index contributed by atoms with van der Waals surface area (Å²) in [7, 11) is 0. The Balaban J connectivity index is 1.93. The van der Waals surface area contributed by atoms with Crippen LogP contribution in [0.25, 0.3) is 5.69 Å². The Morgan fingerprint density at radius 3 is 2.36 bits per heavy atom. The first-order chi connectivity index (χ1) is 12.1. The number of ether oxygens (including phenoxy) is 1. The van der Waals surface area contributed by atoms with Gasteiger partial charge in [-0.3, -0.25) is 0 Å². The lowest BCUT2D eigenvalue weighted by molar-refractivity contribution is -0.140. The molecule has 0 saturated heterocycles. The van der Waals surface area contributed by atoms with Gasteiger partial charge in [0, 0.05) is 17.7 Å². The fourth-order valence-electron chi connectivity index (χ4n) is 2.58. The Kier molecular flexibility index (Phi) is 5.09. The molecule has 0 fully saturated rings. The van der Waals surface area contributed by atoms with Crippen LogP contribution in [0.15, 0.2) is 79.1 Å². The third kappa shape index (κ3) is 4.04. The molecule has 4 heteroatoms. The highest BCUT2D eigenvalue weighted by Gasteiger charge is 2.15. The van der Waals surface area contributed by atoms with Crippen molar-refractivity contribution in [2.24, 2.45) is 0 Å². The molecule has 0 radical (unpaired) electrons. The Morgan fingerprint density at radius 2 is 1.72 bits per heavy atom. The van der Waals surface area contributed by atoms with E-state index in [1.54, 1.807) is 13.3 Å². The number of esters is 1. The van der Waals surface area contributed by atoms with E-state index in [1.807, 2.05) is 53.1 Å². The molecule has 3 aromatic rings. The molecule has 0 saturated carbocycles. The van der Waals surface area contributed by atoms with Crippen molar-refractivity contribution in [3.05, 3.63) is 96.1 Å². The van der Waals surface area contributed by atoms with Gasteiger partial charge in [-0.1, -0.05) is 55.1 Å². The van der Waals surface area contributed by atoms with Crippen LogP contribution in [-0.2, 0) is 22.6 Å². The van der Waals surface area contributed by atoms with Crippen molar-refractivity contribution in [1.29, 1.82) is 0 Å². The van der Waals surface area contributed by atoms with E-state index >= 15 is 0 Å². The number of nitrogens with zero attached hydrogens (tertiary/aromatic N) is 2. The van der Waals surface area contributed by atoms with Gasteiger partial charge in [0.1, 0.15) is 6.61 Å². The molecular formula is C21H20N2O2. The van der Waals surface area contributed by atoms with Crippen LogP contribution in [-0.4, -0.2) is 15.5 Å². The number of carbonyl (C=O) groups is 1. The highest BCUT2D eigenvalue weighted by molar-refractivity contribution is 5.86.